The molecule has 7 N–H and O–H groups in total. The van der Waals surface area contributed by atoms with E-state index in [1.165, 1.54) is 0 Å². The Morgan fingerprint density at radius 2 is 1.74 bits per heavy atom. The van der Waals surface area contributed by atoms with Crippen LogP contribution < -0.4 is 16.4 Å². The van der Waals surface area contributed by atoms with Crippen molar-refractivity contribution in [2.75, 3.05) is 23.0 Å². The van der Waals surface area contributed by atoms with Gasteiger partial charge in [-0.1, -0.05) is 34.8 Å². The molecule has 1 aliphatic carbocycles. The monoisotopic (exact) mass is 433 g/mol. The van der Waals surface area contributed by atoms with E-state index in [1.807, 2.05) is 0 Å². The van der Waals surface area contributed by atoms with Gasteiger partial charge in [0.2, 0.25) is 5.95 Å². The van der Waals surface area contributed by atoms with Gasteiger partial charge in [0.1, 0.15) is 11.8 Å². The molecule has 27 heavy (non-hydrogen) atoms. The van der Waals surface area contributed by atoms with Gasteiger partial charge in [-0.2, -0.15) is 9.97 Å². The van der Waals surface area contributed by atoms with E-state index < -0.39 is 24.2 Å². The zero-order valence-corrected chi connectivity index (χ0v) is 16.2. The number of nitrogens with two attached hydrogens (primary N) is 1. The summed E-state index contributed by atoms with van der Waals surface area (Å²) in [6, 6.07) is 4.30. The van der Waals surface area contributed by atoms with Gasteiger partial charge in [0.05, 0.1) is 12.1 Å². The predicted octanol–water partition coefficient (Wildman–Crippen LogP) is 2.28. The van der Waals surface area contributed by atoms with E-state index in [2.05, 4.69) is 20.6 Å². The van der Waals surface area contributed by atoms with Gasteiger partial charge in [-0.15, -0.1) is 0 Å². The molecule has 2 aromatic rings. The Kier molecular flexibility index (Phi) is 6.15. The Labute approximate surface area is 170 Å². The molecule has 0 amide bonds. The molecule has 0 unspecified atom stereocenters. The second kappa shape index (κ2) is 8.22. The van der Waals surface area contributed by atoms with E-state index in [1.54, 1.807) is 18.2 Å². The van der Waals surface area contributed by atoms with Crippen molar-refractivity contribution in [3.05, 3.63) is 33.4 Å². The van der Waals surface area contributed by atoms with Gasteiger partial charge >= 0.3 is 0 Å². The third-order valence-corrected chi connectivity index (χ3v) is 5.10. The molecule has 0 saturated heterocycles. The smallest absolute Gasteiger partial charge is 0.230 e. The van der Waals surface area contributed by atoms with Crippen molar-refractivity contribution in [2.45, 2.75) is 24.7 Å². The van der Waals surface area contributed by atoms with Crippen molar-refractivity contribution in [3.8, 4) is 0 Å². The van der Waals surface area contributed by atoms with Crippen LogP contribution in [0.25, 0.3) is 0 Å². The topological polar surface area (TPSA) is 137 Å². The minimum Gasteiger partial charge on any atom is -0.396 e. The highest BCUT2D eigenvalue weighted by atomic mass is 35.5. The van der Waals surface area contributed by atoms with Gasteiger partial charge in [0, 0.05) is 28.3 Å². The maximum absolute atomic E-state index is 10.2. The number of aliphatic hydroxyl groups is 3. The molecule has 1 aromatic heterocycles. The maximum Gasteiger partial charge on any atom is 0.230 e. The molecule has 11 heteroatoms. The number of aliphatic hydroxyl groups excluding tert-OH is 3. The molecule has 4 atom stereocenters. The first-order chi connectivity index (χ1) is 12.8. The second-order valence-electron chi connectivity index (χ2n) is 6.29. The standard InChI is InChI=1S/C16H18Cl3N5O3/c17-7-2-8(18)4-9(3-7)21-16-23-14(19)11(20)15(24-16)22-10-1-6(5-25)12(26)13(10)27/h2-4,6,10,12-13,25-27H,1,5,20H2,(H2,21,22,23,24)/t6-,10-,12-,13-/m1/s1. The third-order valence-electron chi connectivity index (χ3n) is 4.38. The number of nitrogens with one attached hydrogen (secondary N) is 2. The van der Waals surface area contributed by atoms with Crippen molar-refractivity contribution in [3.63, 3.8) is 0 Å². The van der Waals surface area contributed by atoms with Crippen LogP contribution in [0.3, 0.4) is 0 Å². The maximum atomic E-state index is 10.2. The lowest BCUT2D eigenvalue weighted by atomic mass is 10.1. The van der Waals surface area contributed by atoms with Gasteiger partial charge in [-0.05, 0) is 24.6 Å². The summed E-state index contributed by atoms with van der Waals surface area (Å²) in [6.45, 7) is -0.237. The summed E-state index contributed by atoms with van der Waals surface area (Å²) in [5.41, 5.74) is 6.58. The Hall–Kier alpha value is -1.55. The van der Waals surface area contributed by atoms with Crippen molar-refractivity contribution in [1.29, 1.82) is 0 Å². The molecule has 0 aliphatic heterocycles. The molecule has 3 rings (SSSR count). The lowest BCUT2D eigenvalue weighted by Gasteiger charge is -2.20. The molecule has 1 saturated carbocycles. The summed E-state index contributed by atoms with van der Waals surface area (Å²) in [5, 5.41) is 36.2. The Morgan fingerprint density at radius 1 is 1.07 bits per heavy atom. The van der Waals surface area contributed by atoms with E-state index in [4.69, 9.17) is 40.5 Å². The number of hydrogen-bond donors (Lipinski definition) is 6. The minimum absolute atomic E-state index is 0.00914. The Bertz CT molecular complexity index is 821. The van der Waals surface area contributed by atoms with Crippen molar-refractivity contribution >= 4 is 57.9 Å². The number of anilines is 4. The zero-order valence-electron chi connectivity index (χ0n) is 13.9. The van der Waals surface area contributed by atoms with Crippen LogP contribution in [-0.4, -0.2) is 50.1 Å². The Morgan fingerprint density at radius 3 is 2.33 bits per heavy atom. The largest absolute Gasteiger partial charge is 0.396 e. The van der Waals surface area contributed by atoms with E-state index in [9.17, 15) is 15.3 Å². The van der Waals surface area contributed by atoms with Crippen LogP contribution >= 0.6 is 34.8 Å². The van der Waals surface area contributed by atoms with Gasteiger partial charge in [0.15, 0.2) is 11.0 Å². The first-order valence-electron chi connectivity index (χ1n) is 8.08. The number of halogens is 3. The number of nitrogen functional groups attached to an aromatic ring is 1. The summed E-state index contributed by atoms with van der Waals surface area (Å²) in [7, 11) is 0. The first-order valence-corrected chi connectivity index (χ1v) is 9.21. The van der Waals surface area contributed by atoms with Crippen LogP contribution in [0.4, 0.5) is 23.1 Å². The normalized spacial score (nSPS) is 24.8. The third kappa shape index (κ3) is 4.48. The van der Waals surface area contributed by atoms with Gasteiger partial charge in [-0.25, -0.2) is 0 Å². The highest BCUT2D eigenvalue weighted by molar-refractivity contribution is 6.35. The molecule has 1 aliphatic rings. The minimum atomic E-state index is -1.08. The van der Waals surface area contributed by atoms with Crippen LogP contribution in [0.2, 0.25) is 15.2 Å². The van der Waals surface area contributed by atoms with Gasteiger partial charge in [0.25, 0.3) is 0 Å². The van der Waals surface area contributed by atoms with E-state index in [0.29, 0.717) is 22.2 Å². The lowest BCUT2D eigenvalue weighted by molar-refractivity contribution is 0.00446. The van der Waals surface area contributed by atoms with Crippen LogP contribution in [0.5, 0.6) is 0 Å². The van der Waals surface area contributed by atoms with Crippen molar-refractivity contribution in [1.82, 2.24) is 9.97 Å². The van der Waals surface area contributed by atoms with Crippen LogP contribution in [0.15, 0.2) is 18.2 Å². The molecule has 0 spiro atoms. The van der Waals surface area contributed by atoms with Crippen LogP contribution in [-0.2, 0) is 0 Å². The first kappa shape index (κ1) is 20.2. The highest BCUT2D eigenvalue weighted by Crippen LogP contribution is 2.33. The van der Waals surface area contributed by atoms with Gasteiger partial charge in [-0.3, -0.25) is 0 Å². The molecule has 0 radical (unpaired) electrons. The SMILES string of the molecule is Nc1c(Cl)nc(Nc2cc(Cl)cc(Cl)c2)nc1N[C@@H]1C[C@H](CO)[C@@H](O)[C@@H]1O. The number of hydrogen-bond acceptors (Lipinski definition) is 8. The summed E-state index contributed by atoms with van der Waals surface area (Å²) in [6.07, 6.45) is -1.79. The predicted molar refractivity (Wildman–Crippen MR) is 106 cm³/mol. The summed E-state index contributed by atoms with van der Waals surface area (Å²) < 4.78 is 0. The Balaban J connectivity index is 1.84. The molecule has 0 bridgehead atoms. The fraction of sp³-hybridized carbons (Fsp3) is 0.375. The molecular weight excluding hydrogens is 417 g/mol. The van der Waals surface area contributed by atoms with Crippen molar-refractivity contribution in [2.24, 2.45) is 5.92 Å². The quantitative estimate of drug-likeness (QED) is 0.394. The van der Waals surface area contributed by atoms with Crippen molar-refractivity contribution < 1.29 is 15.3 Å². The average Bonchev–Trinajstić information content (AvgIpc) is 2.86. The highest BCUT2D eigenvalue weighted by Gasteiger charge is 2.41. The molecule has 8 nitrogen and oxygen atoms in total. The average molecular weight is 435 g/mol. The number of nitrogens with zero attached hydrogens (tertiary/aromatic N) is 2. The van der Waals surface area contributed by atoms with E-state index >= 15 is 0 Å². The number of rotatable bonds is 5. The molecule has 1 fully saturated rings. The van der Waals surface area contributed by atoms with Crippen LogP contribution in [0, 0.1) is 5.92 Å². The fourth-order valence-corrected chi connectivity index (χ4v) is 3.68. The van der Waals surface area contributed by atoms with Crippen LogP contribution in [0.1, 0.15) is 6.42 Å². The number of benzene rings is 1. The molecule has 1 heterocycles. The number of aromatic nitrogens is 2. The second-order valence-corrected chi connectivity index (χ2v) is 7.52. The summed E-state index contributed by atoms with van der Waals surface area (Å²) in [5.74, 6) is -0.107. The molecular formula is C16H18Cl3N5O3. The van der Waals surface area contributed by atoms with E-state index in [0.717, 1.165) is 0 Å². The molecule has 146 valence electrons. The summed E-state index contributed by atoms with van der Waals surface area (Å²) in [4.78, 5) is 8.35. The molecule has 1 aromatic carbocycles. The lowest BCUT2D eigenvalue weighted by Crippen LogP contribution is -2.35. The fourth-order valence-electron chi connectivity index (χ4n) is 2.99. The zero-order chi connectivity index (χ0) is 19.7. The van der Waals surface area contributed by atoms with E-state index in [-0.39, 0.29) is 29.2 Å². The van der Waals surface area contributed by atoms with Gasteiger partial charge < -0.3 is 31.7 Å². The summed E-state index contributed by atoms with van der Waals surface area (Å²) >= 11 is 18.1.